The molecule has 2 atom stereocenters. The lowest BCUT2D eigenvalue weighted by Gasteiger charge is -2.43. The van der Waals surface area contributed by atoms with Crippen molar-refractivity contribution in [3.05, 3.63) is 18.0 Å². The van der Waals surface area contributed by atoms with Gasteiger partial charge < -0.3 is 15.2 Å². The maximum Gasteiger partial charge on any atom is 0.181 e. The average Bonchev–Trinajstić information content (AvgIpc) is 3.00. The molecule has 2 saturated heterocycles. The summed E-state index contributed by atoms with van der Waals surface area (Å²) in [6, 6.07) is 0.199. The summed E-state index contributed by atoms with van der Waals surface area (Å²) in [5.74, 6) is -0.409. The maximum atomic E-state index is 6.24. The predicted molar refractivity (Wildman–Crippen MR) is 75.0 cm³/mol. The molecule has 1 aromatic heterocycles. The number of aromatic nitrogens is 2. The standard InChI is InChI=1S/C14H24N4O2/c1-11(15)13(12-8-16-17(2)9-12)18-5-3-4-14(10-18)19-6-7-20-14/h8-9,11,13H,3-7,10,15H2,1-2H3. The minimum Gasteiger partial charge on any atom is -0.346 e. The molecule has 1 aromatic rings. The lowest BCUT2D eigenvalue weighted by Crippen LogP contribution is -2.52. The summed E-state index contributed by atoms with van der Waals surface area (Å²) in [4.78, 5) is 2.39. The van der Waals surface area contributed by atoms with E-state index in [1.165, 1.54) is 0 Å². The highest BCUT2D eigenvalue weighted by Crippen LogP contribution is 2.35. The van der Waals surface area contributed by atoms with Gasteiger partial charge in [0.15, 0.2) is 5.79 Å². The van der Waals surface area contributed by atoms with Gasteiger partial charge in [-0.3, -0.25) is 9.58 Å². The van der Waals surface area contributed by atoms with Gasteiger partial charge in [0.2, 0.25) is 0 Å². The van der Waals surface area contributed by atoms with Crippen LogP contribution in [0.1, 0.15) is 31.4 Å². The third-order valence-corrected chi connectivity index (χ3v) is 4.22. The number of aryl methyl sites for hydroxylation is 1. The van der Waals surface area contributed by atoms with Crippen LogP contribution < -0.4 is 5.73 Å². The van der Waals surface area contributed by atoms with E-state index in [4.69, 9.17) is 15.2 Å². The molecular weight excluding hydrogens is 256 g/mol. The molecular formula is C14H24N4O2. The van der Waals surface area contributed by atoms with Crippen molar-refractivity contribution in [2.24, 2.45) is 12.8 Å². The van der Waals surface area contributed by atoms with Crippen LogP contribution in [0.2, 0.25) is 0 Å². The van der Waals surface area contributed by atoms with E-state index in [0.717, 1.165) is 31.5 Å². The molecule has 2 N–H and O–H groups in total. The van der Waals surface area contributed by atoms with Gasteiger partial charge in [0.1, 0.15) is 0 Å². The van der Waals surface area contributed by atoms with Crippen LogP contribution in [-0.4, -0.2) is 52.8 Å². The van der Waals surface area contributed by atoms with Crippen molar-refractivity contribution < 1.29 is 9.47 Å². The van der Waals surface area contributed by atoms with Crippen LogP contribution >= 0.6 is 0 Å². The van der Waals surface area contributed by atoms with Crippen molar-refractivity contribution >= 4 is 0 Å². The van der Waals surface area contributed by atoms with Crippen molar-refractivity contribution in [2.45, 2.75) is 37.6 Å². The van der Waals surface area contributed by atoms with Gasteiger partial charge in [0, 0.05) is 31.3 Å². The molecule has 0 aliphatic carbocycles. The number of likely N-dealkylation sites (tertiary alicyclic amines) is 1. The molecule has 6 heteroatoms. The van der Waals surface area contributed by atoms with Crippen molar-refractivity contribution in [1.82, 2.24) is 14.7 Å². The normalized spacial score (nSPS) is 25.9. The molecule has 3 rings (SSSR count). The number of hydrogen-bond donors (Lipinski definition) is 1. The minimum absolute atomic E-state index is 0.0377. The fraction of sp³-hybridized carbons (Fsp3) is 0.786. The van der Waals surface area contributed by atoms with Gasteiger partial charge in [-0.15, -0.1) is 0 Å². The molecule has 0 saturated carbocycles. The molecule has 0 radical (unpaired) electrons. The second-order valence-corrected chi connectivity index (χ2v) is 5.93. The molecule has 0 amide bonds. The number of hydrogen-bond acceptors (Lipinski definition) is 5. The summed E-state index contributed by atoms with van der Waals surface area (Å²) in [5.41, 5.74) is 7.40. The zero-order chi connectivity index (χ0) is 14.2. The Balaban J connectivity index is 1.80. The molecule has 2 aliphatic rings. The average molecular weight is 280 g/mol. The first-order valence-electron chi connectivity index (χ1n) is 7.36. The van der Waals surface area contributed by atoms with Crippen LogP contribution in [-0.2, 0) is 16.5 Å². The first kappa shape index (κ1) is 14.0. The second kappa shape index (κ2) is 5.44. The van der Waals surface area contributed by atoms with Gasteiger partial charge >= 0.3 is 0 Å². The summed E-state index contributed by atoms with van der Waals surface area (Å²) in [5, 5.41) is 4.28. The van der Waals surface area contributed by atoms with Gasteiger partial charge in [0.25, 0.3) is 0 Å². The van der Waals surface area contributed by atoms with E-state index in [2.05, 4.69) is 16.9 Å². The smallest absolute Gasteiger partial charge is 0.181 e. The third-order valence-electron chi connectivity index (χ3n) is 4.22. The van der Waals surface area contributed by atoms with Gasteiger partial charge in [0.05, 0.1) is 32.0 Å². The van der Waals surface area contributed by atoms with E-state index < -0.39 is 5.79 Å². The lowest BCUT2D eigenvalue weighted by molar-refractivity contribution is -0.194. The predicted octanol–water partition coefficient (Wildman–Crippen LogP) is 0.647. The zero-order valence-corrected chi connectivity index (χ0v) is 12.3. The highest BCUT2D eigenvalue weighted by molar-refractivity contribution is 5.13. The Morgan fingerprint density at radius 3 is 2.75 bits per heavy atom. The van der Waals surface area contributed by atoms with Gasteiger partial charge in [-0.2, -0.15) is 5.10 Å². The van der Waals surface area contributed by atoms with Gasteiger partial charge in [-0.25, -0.2) is 0 Å². The zero-order valence-electron chi connectivity index (χ0n) is 12.3. The fourth-order valence-electron chi connectivity index (χ4n) is 3.43. The molecule has 6 nitrogen and oxygen atoms in total. The van der Waals surface area contributed by atoms with E-state index in [-0.39, 0.29) is 12.1 Å². The highest BCUT2D eigenvalue weighted by Gasteiger charge is 2.43. The lowest BCUT2D eigenvalue weighted by atomic mass is 9.96. The Kier molecular flexibility index (Phi) is 3.81. The second-order valence-electron chi connectivity index (χ2n) is 5.93. The monoisotopic (exact) mass is 280 g/mol. The number of nitrogens with zero attached hydrogens (tertiary/aromatic N) is 3. The van der Waals surface area contributed by atoms with E-state index in [1.54, 1.807) is 0 Å². The first-order valence-corrected chi connectivity index (χ1v) is 7.36. The molecule has 20 heavy (non-hydrogen) atoms. The molecule has 112 valence electrons. The summed E-state index contributed by atoms with van der Waals surface area (Å²) in [7, 11) is 1.93. The molecule has 0 bridgehead atoms. The number of nitrogens with two attached hydrogens (primary N) is 1. The molecule has 2 unspecified atom stereocenters. The summed E-state index contributed by atoms with van der Waals surface area (Å²) in [6.07, 6.45) is 6.00. The van der Waals surface area contributed by atoms with Crippen LogP contribution in [0.25, 0.3) is 0 Å². The Morgan fingerprint density at radius 1 is 1.40 bits per heavy atom. The summed E-state index contributed by atoms with van der Waals surface area (Å²) >= 11 is 0. The van der Waals surface area contributed by atoms with E-state index in [9.17, 15) is 0 Å². The quantitative estimate of drug-likeness (QED) is 0.880. The summed E-state index contributed by atoms with van der Waals surface area (Å²) < 4.78 is 13.5. The summed E-state index contributed by atoms with van der Waals surface area (Å²) in [6.45, 7) is 5.26. The van der Waals surface area contributed by atoms with Crippen LogP contribution in [0.4, 0.5) is 0 Å². The SMILES string of the molecule is CC(N)C(c1cnn(C)c1)N1CCCC2(C1)OCCO2. The van der Waals surface area contributed by atoms with Crippen molar-refractivity contribution in [3.63, 3.8) is 0 Å². The Bertz CT molecular complexity index is 454. The van der Waals surface area contributed by atoms with Crippen molar-refractivity contribution in [2.75, 3.05) is 26.3 Å². The Labute approximate surface area is 119 Å². The number of ether oxygens (including phenoxy) is 2. The first-order chi connectivity index (χ1) is 9.60. The fourth-order valence-corrected chi connectivity index (χ4v) is 3.43. The molecule has 1 spiro atoms. The van der Waals surface area contributed by atoms with E-state index in [1.807, 2.05) is 24.1 Å². The molecule has 2 fully saturated rings. The maximum absolute atomic E-state index is 6.24. The third kappa shape index (κ3) is 2.61. The Morgan fingerprint density at radius 2 is 2.15 bits per heavy atom. The highest BCUT2D eigenvalue weighted by atomic mass is 16.7. The van der Waals surface area contributed by atoms with Crippen LogP contribution in [0.15, 0.2) is 12.4 Å². The van der Waals surface area contributed by atoms with Gasteiger partial charge in [-0.1, -0.05) is 0 Å². The topological polar surface area (TPSA) is 65.5 Å². The number of rotatable bonds is 3. The van der Waals surface area contributed by atoms with Crippen molar-refractivity contribution in [3.8, 4) is 0 Å². The van der Waals surface area contributed by atoms with Gasteiger partial charge in [-0.05, 0) is 19.9 Å². The number of piperidine rings is 1. The van der Waals surface area contributed by atoms with Crippen molar-refractivity contribution in [1.29, 1.82) is 0 Å². The van der Waals surface area contributed by atoms with E-state index >= 15 is 0 Å². The van der Waals surface area contributed by atoms with Crippen LogP contribution in [0, 0.1) is 0 Å². The molecule has 3 heterocycles. The molecule has 2 aliphatic heterocycles. The van der Waals surface area contributed by atoms with Crippen LogP contribution in [0.3, 0.4) is 0 Å². The Hall–Kier alpha value is -0.950. The largest absolute Gasteiger partial charge is 0.346 e. The van der Waals surface area contributed by atoms with Crippen LogP contribution in [0.5, 0.6) is 0 Å². The molecule has 0 aromatic carbocycles. The minimum atomic E-state index is -0.409. The van der Waals surface area contributed by atoms with E-state index in [0.29, 0.717) is 13.2 Å².